The summed E-state index contributed by atoms with van der Waals surface area (Å²) in [5.74, 6) is -0.860. The summed E-state index contributed by atoms with van der Waals surface area (Å²) in [7, 11) is -2.46. The summed E-state index contributed by atoms with van der Waals surface area (Å²) in [6, 6.07) is 10.7. The Balaban J connectivity index is 1.54. The molecule has 12 heteroatoms. The molecule has 2 saturated heterocycles. The lowest BCUT2D eigenvalue weighted by Crippen LogP contribution is -2.55. The molecule has 2 aliphatic heterocycles. The lowest BCUT2D eigenvalue weighted by molar-refractivity contribution is -0.141. The number of benzene rings is 2. The van der Waals surface area contributed by atoms with Crippen molar-refractivity contribution in [1.29, 1.82) is 5.41 Å². The van der Waals surface area contributed by atoms with Crippen LogP contribution in [0.25, 0.3) is 10.8 Å². The second kappa shape index (κ2) is 11.4. The number of nitrogens with zero attached hydrogens (tertiary/aromatic N) is 3. The first-order chi connectivity index (χ1) is 17.7. The Morgan fingerprint density at radius 3 is 2.54 bits per heavy atom. The molecule has 2 aromatic rings. The molecule has 0 aromatic heterocycles. The third-order valence-electron chi connectivity index (χ3n) is 7.01. The van der Waals surface area contributed by atoms with Gasteiger partial charge >= 0.3 is 0 Å². The Morgan fingerprint density at radius 2 is 1.84 bits per heavy atom. The van der Waals surface area contributed by atoms with Crippen molar-refractivity contribution >= 4 is 38.6 Å². The largest absolute Gasteiger partial charge is 0.378 e. The van der Waals surface area contributed by atoms with E-state index in [1.807, 2.05) is 24.3 Å². The molecule has 2 heterocycles. The number of ether oxygens (including phenoxy) is 1. The molecule has 200 valence electrons. The zero-order chi connectivity index (χ0) is 26.6. The number of rotatable bonds is 7. The Morgan fingerprint density at radius 1 is 1.14 bits per heavy atom. The van der Waals surface area contributed by atoms with Crippen LogP contribution in [0.1, 0.15) is 19.3 Å². The fraction of sp³-hybridized carbons (Fsp3) is 0.480. The molecule has 4 N–H and O–H groups in total. The molecule has 2 aliphatic rings. The van der Waals surface area contributed by atoms with E-state index in [1.54, 1.807) is 29.0 Å². The van der Waals surface area contributed by atoms with Crippen molar-refractivity contribution < 1.29 is 22.7 Å². The summed E-state index contributed by atoms with van der Waals surface area (Å²) < 4.78 is 34.6. The number of fused-ring (bicyclic) bond motifs is 1. The van der Waals surface area contributed by atoms with Gasteiger partial charge in [-0.3, -0.25) is 15.0 Å². The fourth-order valence-corrected chi connectivity index (χ4v) is 6.01. The van der Waals surface area contributed by atoms with Gasteiger partial charge < -0.3 is 25.2 Å². The number of hydrogen-bond acceptors (Lipinski definition) is 6. The summed E-state index contributed by atoms with van der Waals surface area (Å²) in [6.45, 7) is 2.43. The second-order valence-corrected chi connectivity index (χ2v) is 11.2. The summed E-state index contributed by atoms with van der Waals surface area (Å²) in [6.07, 6.45) is 1.18. The Kier molecular flexibility index (Phi) is 8.30. The lowest BCUT2D eigenvalue weighted by Gasteiger charge is -2.38. The molecule has 0 bridgehead atoms. The number of morpholine rings is 1. The number of carbonyl (C=O) groups is 2. The Labute approximate surface area is 217 Å². The van der Waals surface area contributed by atoms with Crippen molar-refractivity contribution in [3.63, 3.8) is 0 Å². The van der Waals surface area contributed by atoms with Crippen molar-refractivity contribution in [3.8, 4) is 0 Å². The van der Waals surface area contributed by atoms with Gasteiger partial charge in [0.2, 0.25) is 21.8 Å². The highest BCUT2D eigenvalue weighted by atomic mass is 32.2. The van der Waals surface area contributed by atoms with Gasteiger partial charge in [0.05, 0.1) is 24.5 Å². The minimum Gasteiger partial charge on any atom is -0.378 e. The molecule has 0 spiro atoms. The highest BCUT2D eigenvalue weighted by Crippen LogP contribution is 2.21. The molecule has 2 atom stereocenters. The van der Waals surface area contributed by atoms with Crippen LogP contribution in [-0.2, 0) is 24.3 Å². The number of carbonyl (C=O) groups excluding carboxylic acids is 2. The summed E-state index contributed by atoms with van der Waals surface area (Å²) >= 11 is 0. The van der Waals surface area contributed by atoms with E-state index >= 15 is 0 Å². The van der Waals surface area contributed by atoms with Crippen molar-refractivity contribution in [2.75, 3.05) is 46.4 Å². The van der Waals surface area contributed by atoms with Crippen LogP contribution in [0.2, 0.25) is 0 Å². The number of amides is 2. The molecule has 2 fully saturated rings. The van der Waals surface area contributed by atoms with Crippen LogP contribution < -0.4 is 10.5 Å². The molecular formula is C25H34N6O5S. The first-order valence-electron chi connectivity index (χ1n) is 12.4. The van der Waals surface area contributed by atoms with Gasteiger partial charge in [-0.15, -0.1) is 0 Å². The van der Waals surface area contributed by atoms with Gasteiger partial charge in [0.25, 0.3) is 0 Å². The van der Waals surface area contributed by atoms with Crippen LogP contribution in [0.5, 0.6) is 0 Å². The summed E-state index contributed by atoms with van der Waals surface area (Å²) in [4.78, 5) is 31.5. The van der Waals surface area contributed by atoms with E-state index in [0.29, 0.717) is 39.4 Å². The molecule has 2 unspecified atom stereocenters. The van der Waals surface area contributed by atoms with Crippen LogP contribution in [0.4, 0.5) is 0 Å². The van der Waals surface area contributed by atoms with Gasteiger partial charge in [0.1, 0.15) is 6.04 Å². The van der Waals surface area contributed by atoms with E-state index in [2.05, 4.69) is 4.72 Å². The number of nitrogens with one attached hydrogen (secondary N) is 2. The maximum atomic E-state index is 13.4. The third kappa shape index (κ3) is 6.38. The predicted molar refractivity (Wildman–Crippen MR) is 139 cm³/mol. The van der Waals surface area contributed by atoms with Crippen LogP contribution in [0, 0.1) is 5.41 Å². The van der Waals surface area contributed by atoms with Gasteiger partial charge in [0, 0.05) is 39.3 Å². The van der Waals surface area contributed by atoms with Crippen molar-refractivity contribution in [2.24, 2.45) is 5.73 Å². The van der Waals surface area contributed by atoms with E-state index in [4.69, 9.17) is 15.9 Å². The van der Waals surface area contributed by atoms with Crippen molar-refractivity contribution in [1.82, 2.24) is 19.4 Å². The van der Waals surface area contributed by atoms with Crippen LogP contribution in [-0.4, -0.2) is 99.4 Å². The smallest absolute Gasteiger partial charge is 0.241 e. The molecule has 11 nitrogen and oxygen atoms in total. The van der Waals surface area contributed by atoms with Gasteiger partial charge in [-0.25, -0.2) is 8.42 Å². The Hall–Kier alpha value is -3.22. The fourth-order valence-electron chi connectivity index (χ4n) is 4.79. The molecule has 0 aliphatic carbocycles. The predicted octanol–water partition coefficient (Wildman–Crippen LogP) is 0.552. The van der Waals surface area contributed by atoms with Gasteiger partial charge in [-0.1, -0.05) is 30.3 Å². The SMILES string of the molecule is CN(C(=O)CC(NS(=O)(=O)c1ccc2ccccc2c1)C(=O)N1CCOCC1)C1CCCN(C(=N)N)C1. The Bertz CT molecular complexity index is 1260. The topological polar surface area (TPSA) is 149 Å². The molecule has 4 rings (SSSR count). The molecule has 37 heavy (non-hydrogen) atoms. The first kappa shape index (κ1) is 26.8. The summed E-state index contributed by atoms with van der Waals surface area (Å²) in [5, 5.41) is 9.35. The van der Waals surface area contributed by atoms with Crippen LogP contribution in [0.3, 0.4) is 0 Å². The average Bonchev–Trinajstić information content (AvgIpc) is 2.91. The number of guanidine groups is 1. The number of likely N-dealkylation sites (N-methyl/N-ethyl adjacent to an activating group) is 1. The molecule has 2 amide bonds. The minimum atomic E-state index is -4.10. The number of piperidine rings is 1. The van der Waals surface area contributed by atoms with Gasteiger partial charge in [-0.05, 0) is 35.7 Å². The average molecular weight is 531 g/mol. The normalized spacial score (nSPS) is 19.4. The van der Waals surface area contributed by atoms with E-state index in [0.717, 1.165) is 23.6 Å². The molecule has 0 radical (unpaired) electrons. The second-order valence-electron chi connectivity index (χ2n) is 9.46. The quantitative estimate of drug-likeness (QED) is 0.350. The molecular weight excluding hydrogens is 496 g/mol. The monoisotopic (exact) mass is 530 g/mol. The zero-order valence-electron chi connectivity index (χ0n) is 20.9. The minimum absolute atomic E-state index is 0.0242. The maximum Gasteiger partial charge on any atom is 0.241 e. The number of nitrogens with two attached hydrogens (primary N) is 1. The van der Waals surface area contributed by atoms with Crippen LogP contribution in [0.15, 0.2) is 47.4 Å². The first-order valence-corrected chi connectivity index (χ1v) is 13.9. The molecule has 2 aromatic carbocycles. The highest BCUT2D eigenvalue weighted by molar-refractivity contribution is 7.89. The van der Waals surface area contributed by atoms with Gasteiger partial charge in [-0.2, -0.15) is 4.72 Å². The number of sulfonamides is 1. The van der Waals surface area contributed by atoms with Gasteiger partial charge in [0.15, 0.2) is 5.96 Å². The van der Waals surface area contributed by atoms with Crippen LogP contribution >= 0.6 is 0 Å². The summed E-state index contributed by atoms with van der Waals surface area (Å²) in [5.41, 5.74) is 5.64. The number of hydrogen-bond donors (Lipinski definition) is 3. The lowest BCUT2D eigenvalue weighted by atomic mass is 10.0. The zero-order valence-corrected chi connectivity index (χ0v) is 21.7. The molecule has 0 saturated carbocycles. The number of likely N-dealkylation sites (tertiary alicyclic amines) is 1. The van der Waals surface area contributed by atoms with Crippen molar-refractivity contribution in [3.05, 3.63) is 42.5 Å². The van der Waals surface area contributed by atoms with Crippen molar-refractivity contribution in [2.45, 2.75) is 36.2 Å². The van der Waals surface area contributed by atoms with E-state index in [9.17, 15) is 18.0 Å². The van der Waals surface area contributed by atoms with E-state index in [1.165, 1.54) is 11.0 Å². The highest BCUT2D eigenvalue weighted by Gasteiger charge is 2.35. The third-order valence-corrected chi connectivity index (χ3v) is 8.48. The van der Waals surface area contributed by atoms with E-state index in [-0.39, 0.29) is 29.2 Å². The van der Waals surface area contributed by atoms with E-state index < -0.39 is 22.0 Å². The standard InChI is InChI=1S/C25H34N6O5S/c1-29(20-7-4-10-31(17-20)25(26)27)23(32)16-22(24(33)30-11-13-36-14-12-30)28-37(34,35)21-9-8-18-5-2-3-6-19(18)15-21/h2-3,5-6,8-9,15,20,22,28H,4,7,10-14,16-17H2,1H3,(H3,26,27). The maximum absolute atomic E-state index is 13.4.